The molecule has 5 heteroatoms. The molecule has 0 amide bonds. The van der Waals surface area contributed by atoms with E-state index in [9.17, 15) is 9.11 Å². The lowest BCUT2D eigenvalue weighted by Crippen LogP contribution is -2.37. The van der Waals surface area contributed by atoms with E-state index in [-0.39, 0.29) is 0 Å². The lowest BCUT2D eigenvalue weighted by molar-refractivity contribution is -0.140. The number of rotatable bonds is 5. The lowest BCUT2D eigenvalue weighted by Gasteiger charge is -2.23. The van der Waals surface area contributed by atoms with Crippen LogP contribution in [0.25, 0.3) is 0 Å². The summed E-state index contributed by atoms with van der Waals surface area (Å²) in [5.74, 6) is -0.609. The van der Waals surface area contributed by atoms with Gasteiger partial charge in [-0.15, -0.1) is 0 Å². The predicted octanol–water partition coefficient (Wildman–Crippen LogP) is 2.20. The molecule has 0 N–H and O–H groups in total. The number of hydrogen-bond donors (Lipinski definition) is 0. The van der Waals surface area contributed by atoms with Crippen molar-refractivity contribution in [3.63, 3.8) is 0 Å². The van der Waals surface area contributed by atoms with Gasteiger partial charge in [0.2, 0.25) is 0 Å². The molecule has 0 aliphatic heterocycles. The van der Waals surface area contributed by atoms with Crippen molar-refractivity contribution in [2.45, 2.75) is 6.04 Å². The van der Waals surface area contributed by atoms with Gasteiger partial charge in [0.1, 0.15) is 6.04 Å². The fraction of sp³-hybridized carbons (Fsp3) is 0.188. The van der Waals surface area contributed by atoms with Gasteiger partial charge in [0.15, 0.2) is 0 Å². The Bertz CT molecular complexity index is 577. The summed E-state index contributed by atoms with van der Waals surface area (Å²) in [6, 6.07) is 16.9. The molecule has 108 valence electrons. The SMILES string of the molecule is CN(C)C(C(=O)OB(F)c1ccccc1)c1ccccc1. The van der Waals surface area contributed by atoms with E-state index in [1.165, 1.54) is 0 Å². The summed E-state index contributed by atoms with van der Waals surface area (Å²) in [6.45, 7) is 0. The Labute approximate surface area is 124 Å². The van der Waals surface area contributed by atoms with Crippen LogP contribution in [0.5, 0.6) is 0 Å². The number of benzene rings is 2. The van der Waals surface area contributed by atoms with Crippen molar-refractivity contribution in [3.8, 4) is 0 Å². The van der Waals surface area contributed by atoms with Gasteiger partial charge in [-0.25, -0.2) is 0 Å². The maximum Gasteiger partial charge on any atom is 0.603 e. The van der Waals surface area contributed by atoms with Crippen LogP contribution in [0.3, 0.4) is 0 Å². The molecule has 21 heavy (non-hydrogen) atoms. The van der Waals surface area contributed by atoms with Crippen LogP contribution in [0.4, 0.5) is 4.32 Å². The summed E-state index contributed by atoms with van der Waals surface area (Å²) in [5.41, 5.74) is 1.10. The summed E-state index contributed by atoms with van der Waals surface area (Å²) in [5, 5.41) is 0. The van der Waals surface area contributed by atoms with E-state index < -0.39 is 19.2 Å². The van der Waals surface area contributed by atoms with Gasteiger partial charge >= 0.3 is 13.2 Å². The molecule has 2 rings (SSSR count). The van der Waals surface area contributed by atoms with Gasteiger partial charge in [0, 0.05) is 5.46 Å². The first-order valence-electron chi connectivity index (χ1n) is 6.70. The standard InChI is InChI=1S/C16H17BFNO2/c1-19(2)15(13-9-5-3-6-10-13)16(20)21-17(18)14-11-7-4-8-12-14/h3-12,15H,1-2H3. The van der Waals surface area contributed by atoms with Crippen molar-refractivity contribution in [2.75, 3.05) is 14.1 Å². The molecular formula is C16H17BFNO2. The Morgan fingerprint density at radius 1 is 1.05 bits per heavy atom. The van der Waals surface area contributed by atoms with E-state index >= 15 is 0 Å². The third-order valence-electron chi connectivity index (χ3n) is 3.14. The summed E-state index contributed by atoms with van der Waals surface area (Å²) >= 11 is 0. The van der Waals surface area contributed by atoms with Gasteiger partial charge in [-0.05, 0) is 19.7 Å². The second-order valence-corrected chi connectivity index (χ2v) is 4.94. The van der Waals surface area contributed by atoms with Crippen LogP contribution < -0.4 is 5.46 Å². The molecule has 0 saturated carbocycles. The van der Waals surface area contributed by atoms with Crippen LogP contribution in [-0.2, 0) is 9.45 Å². The fourth-order valence-electron chi connectivity index (χ4n) is 2.12. The van der Waals surface area contributed by atoms with Crippen molar-refractivity contribution < 1.29 is 13.8 Å². The third kappa shape index (κ3) is 3.92. The monoisotopic (exact) mass is 285 g/mol. The molecule has 0 heterocycles. The van der Waals surface area contributed by atoms with Crippen LogP contribution in [0.1, 0.15) is 11.6 Å². The second-order valence-electron chi connectivity index (χ2n) is 4.94. The van der Waals surface area contributed by atoms with Crippen LogP contribution in [-0.4, -0.2) is 32.2 Å². The Kier molecular flexibility index (Phi) is 5.12. The maximum atomic E-state index is 14.1. The average Bonchev–Trinajstić information content (AvgIpc) is 2.49. The summed E-state index contributed by atoms with van der Waals surface area (Å²) in [6.07, 6.45) is 0. The van der Waals surface area contributed by atoms with E-state index in [4.69, 9.17) is 4.65 Å². The van der Waals surface area contributed by atoms with Gasteiger partial charge in [0.05, 0.1) is 0 Å². The number of carbonyl (C=O) groups excluding carboxylic acids is 1. The molecule has 3 nitrogen and oxygen atoms in total. The van der Waals surface area contributed by atoms with E-state index in [2.05, 4.69) is 0 Å². The summed E-state index contributed by atoms with van der Waals surface area (Å²) in [7, 11) is 1.76. The summed E-state index contributed by atoms with van der Waals surface area (Å²) in [4.78, 5) is 14.0. The van der Waals surface area contributed by atoms with E-state index in [1.54, 1.807) is 49.3 Å². The summed E-state index contributed by atoms with van der Waals surface area (Å²) < 4.78 is 19.0. The minimum Gasteiger partial charge on any atom is -0.501 e. The maximum absolute atomic E-state index is 14.1. The molecule has 0 aromatic heterocycles. The lowest BCUT2D eigenvalue weighted by atomic mass is 9.82. The largest absolute Gasteiger partial charge is 0.603 e. The Balaban J connectivity index is 2.13. The van der Waals surface area contributed by atoms with Gasteiger partial charge in [-0.3, -0.25) is 14.0 Å². The van der Waals surface area contributed by atoms with Crippen molar-refractivity contribution >= 4 is 18.6 Å². The molecule has 2 aromatic carbocycles. The van der Waals surface area contributed by atoms with E-state index in [0.29, 0.717) is 5.46 Å². The first kappa shape index (κ1) is 15.3. The zero-order valence-corrected chi connectivity index (χ0v) is 12.1. The number of likely N-dealkylation sites (N-methyl/N-ethyl adjacent to an activating group) is 1. The van der Waals surface area contributed by atoms with Crippen LogP contribution in [0.15, 0.2) is 60.7 Å². The zero-order chi connectivity index (χ0) is 15.2. The molecule has 0 aliphatic carbocycles. The molecule has 1 atom stereocenters. The average molecular weight is 285 g/mol. The number of nitrogens with zero attached hydrogens (tertiary/aromatic N) is 1. The minimum atomic E-state index is -1.76. The molecule has 0 spiro atoms. The first-order valence-corrected chi connectivity index (χ1v) is 6.70. The van der Waals surface area contributed by atoms with Gasteiger partial charge in [-0.1, -0.05) is 60.7 Å². The van der Waals surface area contributed by atoms with Gasteiger partial charge in [-0.2, -0.15) is 0 Å². The third-order valence-corrected chi connectivity index (χ3v) is 3.14. The first-order chi connectivity index (χ1) is 10.1. The minimum absolute atomic E-state index is 0.330. The van der Waals surface area contributed by atoms with Crippen molar-refractivity contribution in [1.29, 1.82) is 0 Å². The van der Waals surface area contributed by atoms with Crippen molar-refractivity contribution in [3.05, 3.63) is 66.2 Å². The molecular weight excluding hydrogens is 268 g/mol. The van der Waals surface area contributed by atoms with Crippen molar-refractivity contribution in [2.24, 2.45) is 0 Å². The second kappa shape index (κ2) is 7.04. The highest BCUT2D eigenvalue weighted by molar-refractivity contribution is 6.62. The molecule has 0 aliphatic rings. The normalized spacial score (nSPS) is 12.0. The predicted molar refractivity (Wildman–Crippen MR) is 81.9 cm³/mol. The Morgan fingerprint density at radius 3 is 2.10 bits per heavy atom. The molecule has 0 saturated heterocycles. The highest BCUT2D eigenvalue weighted by atomic mass is 19.1. The Hall–Kier alpha value is -2.14. The highest BCUT2D eigenvalue weighted by Gasteiger charge is 2.30. The molecule has 2 aromatic rings. The topological polar surface area (TPSA) is 29.5 Å². The number of hydrogen-bond acceptors (Lipinski definition) is 3. The zero-order valence-electron chi connectivity index (χ0n) is 12.1. The van der Waals surface area contributed by atoms with Crippen LogP contribution in [0, 0.1) is 0 Å². The molecule has 0 bridgehead atoms. The van der Waals surface area contributed by atoms with Crippen LogP contribution in [0.2, 0.25) is 0 Å². The van der Waals surface area contributed by atoms with E-state index in [0.717, 1.165) is 5.56 Å². The molecule has 0 radical (unpaired) electrons. The number of halogens is 1. The smallest absolute Gasteiger partial charge is 0.501 e. The fourth-order valence-corrected chi connectivity index (χ4v) is 2.12. The van der Waals surface area contributed by atoms with Crippen molar-refractivity contribution in [1.82, 2.24) is 4.90 Å². The van der Waals surface area contributed by atoms with Gasteiger partial charge in [0.25, 0.3) is 0 Å². The molecule has 1 unspecified atom stereocenters. The highest BCUT2D eigenvalue weighted by Crippen LogP contribution is 2.19. The van der Waals surface area contributed by atoms with Gasteiger partial charge < -0.3 is 4.65 Å². The quantitative estimate of drug-likeness (QED) is 0.789. The van der Waals surface area contributed by atoms with E-state index in [1.807, 2.05) is 30.3 Å². The van der Waals surface area contributed by atoms with Crippen LogP contribution >= 0.6 is 0 Å². The molecule has 0 fully saturated rings. The Morgan fingerprint density at radius 2 is 1.57 bits per heavy atom. The number of carbonyl (C=O) groups is 1.